The van der Waals surface area contributed by atoms with Crippen molar-refractivity contribution in [1.29, 1.82) is 0 Å². The first kappa shape index (κ1) is 11.1. The molecule has 0 aliphatic rings. The normalized spacial score (nSPS) is 10.1. The van der Waals surface area contributed by atoms with Gasteiger partial charge in [0.2, 0.25) is 0 Å². The molecule has 0 fully saturated rings. The van der Waals surface area contributed by atoms with E-state index >= 15 is 0 Å². The third-order valence-corrected chi connectivity index (χ3v) is 2.33. The van der Waals surface area contributed by atoms with Gasteiger partial charge in [0.1, 0.15) is 6.54 Å². The molecule has 0 amide bonds. The lowest BCUT2D eigenvalue weighted by molar-refractivity contribution is -0.137. The van der Waals surface area contributed by atoms with E-state index in [0.717, 1.165) is 17.4 Å². The Balaban J connectivity index is 2.36. The first-order chi connectivity index (χ1) is 8.20. The zero-order valence-electron chi connectivity index (χ0n) is 8.91. The van der Waals surface area contributed by atoms with Crippen LogP contribution >= 0.6 is 0 Å². The van der Waals surface area contributed by atoms with Crippen molar-refractivity contribution in [2.24, 2.45) is 0 Å². The van der Waals surface area contributed by atoms with E-state index in [2.05, 4.69) is 5.10 Å². The number of benzene rings is 1. The summed E-state index contributed by atoms with van der Waals surface area (Å²) < 4.78 is 1.32. The van der Waals surface area contributed by atoms with Gasteiger partial charge in [-0.05, 0) is 5.56 Å². The Morgan fingerprint density at radius 1 is 1.41 bits per heavy atom. The van der Waals surface area contributed by atoms with E-state index in [9.17, 15) is 9.59 Å². The third-order valence-electron chi connectivity index (χ3n) is 2.33. The molecule has 1 heterocycles. The van der Waals surface area contributed by atoms with E-state index in [1.807, 2.05) is 6.07 Å². The zero-order valence-corrected chi connectivity index (χ0v) is 8.91. The van der Waals surface area contributed by atoms with Crippen LogP contribution in [0.4, 0.5) is 0 Å². The predicted molar refractivity (Wildman–Crippen MR) is 60.7 cm³/mol. The summed E-state index contributed by atoms with van der Waals surface area (Å²) in [4.78, 5) is 21.4. The Labute approximate surface area is 97.3 Å². The second-order valence-electron chi connectivity index (χ2n) is 3.53. The van der Waals surface area contributed by atoms with Gasteiger partial charge in [-0.25, -0.2) is 0 Å². The van der Waals surface area contributed by atoms with Gasteiger partial charge >= 0.3 is 5.97 Å². The number of carboxylic acids is 1. The van der Waals surface area contributed by atoms with Crippen LogP contribution < -0.4 is 0 Å². The quantitative estimate of drug-likeness (QED) is 0.807. The van der Waals surface area contributed by atoms with E-state index in [1.54, 1.807) is 30.6 Å². The summed E-state index contributed by atoms with van der Waals surface area (Å²) in [5.74, 6) is -0.955. The van der Waals surface area contributed by atoms with E-state index in [0.29, 0.717) is 5.56 Å². The van der Waals surface area contributed by atoms with Crippen LogP contribution in [0.1, 0.15) is 10.4 Å². The highest BCUT2D eigenvalue weighted by Gasteiger charge is 2.07. The molecule has 0 saturated carbocycles. The Morgan fingerprint density at radius 3 is 2.88 bits per heavy atom. The number of hydrogen-bond acceptors (Lipinski definition) is 3. The zero-order chi connectivity index (χ0) is 12.3. The van der Waals surface area contributed by atoms with Gasteiger partial charge in [0, 0.05) is 17.3 Å². The molecule has 0 atom stereocenters. The van der Waals surface area contributed by atoms with E-state index in [4.69, 9.17) is 5.11 Å². The van der Waals surface area contributed by atoms with Crippen LogP contribution in [-0.4, -0.2) is 27.1 Å². The minimum Gasteiger partial charge on any atom is -0.480 e. The minimum atomic E-state index is -0.955. The first-order valence-electron chi connectivity index (χ1n) is 4.99. The molecule has 0 radical (unpaired) electrons. The second kappa shape index (κ2) is 4.61. The summed E-state index contributed by atoms with van der Waals surface area (Å²) in [6, 6.07) is 7.09. The molecule has 0 aliphatic heterocycles. The van der Waals surface area contributed by atoms with Crippen molar-refractivity contribution in [2.75, 3.05) is 0 Å². The monoisotopic (exact) mass is 230 g/mol. The van der Waals surface area contributed by atoms with Crippen LogP contribution in [0.2, 0.25) is 0 Å². The summed E-state index contributed by atoms with van der Waals surface area (Å²) in [5, 5.41) is 12.6. The van der Waals surface area contributed by atoms with Crippen LogP contribution in [0.5, 0.6) is 0 Å². The second-order valence-corrected chi connectivity index (χ2v) is 3.53. The van der Waals surface area contributed by atoms with E-state index < -0.39 is 5.97 Å². The fourth-order valence-electron chi connectivity index (χ4n) is 1.59. The van der Waals surface area contributed by atoms with Crippen LogP contribution in [0.25, 0.3) is 11.1 Å². The van der Waals surface area contributed by atoms with Gasteiger partial charge in [-0.15, -0.1) is 0 Å². The number of aldehydes is 1. The predicted octanol–water partition coefficient (Wildman–Crippen LogP) is 1.45. The molecule has 5 nitrogen and oxygen atoms in total. The molecule has 0 aliphatic carbocycles. The van der Waals surface area contributed by atoms with Crippen LogP contribution in [0, 0.1) is 0 Å². The molecular weight excluding hydrogens is 220 g/mol. The topological polar surface area (TPSA) is 72.2 Å². The number of aliphatic carboxylic acids is 1. The lowest BCUT2D eigenvalue weighted by atomic mass is 10.0. The molecule has 1 N–H and O–H groups in total. The molecule has 17 heavy (non-hydrogen) atoms. The number of carbonyl (C=O) groups excluding carboxylic acids is 1. The van der Waals surface area contributed by atoms with Gasteiger partial charge in [-0.3, -0.25) is 14.3 Å². The van der Waals surface area contributed by atoms with Crippen molar-refractivity contribution in [1.82, 2.24) is 9.78 Å². The van der Waals surface area contributed by atoms with Crippen molar-refractivity contribution in [3.05, 3.63) is 42.2 Å². The number of aromatic nitrogens is 2. The third kappa shape index (κ3) is 2.39. The van der Waals surface area contributed by atoms with Gasteiger partial charge in [0.25, 0.3) is 0 Å². The summed E-state index contributed by atoms with van der Waals surface area (Å²) >= 11 is 0. The van der Waals surface area contributed by atoms with Gasteiger partial charge in [-0.2, -0.15) is 5.10 Å². The SMILES string of the molecule is O=Cc1ccccc1-c1cnn(CC(=O)O)c1. The highest BCUT2D eigenvalue weighted by Crippen LogP contribution is 2.21. The fourth-order valence-corrected chi connectivity index (χ4v) is 1.59. The van der Waals surface area contributed by atoms with Gasteiger partial charge < -0.3 is 5.11 Å². The molecular formula is C12H10N2O3. The smallest absolute Gasteiger partial charge is 0.325 e. The molecule has 1 aromatic heterocycles. The molecule has 2 aromatic rings. The van der Waals surface area contributed by atoms with E-state index in [1.165, 1.54) is 4.68 Å². The average Bonchev–Trinajstić information content (AvgIpc) is 2.76. The standard InChI is InChI=1S/C12H10N2O3/c15-8-9-3-1-2-4-11(9)10-5-13-14(6-10)7-12(16)17/h1-6,8H,7H2,(H,16,17). The Bertz CT molecular complexity index is 560. The minimum absolute atomic E-state index is 0.191. The maximum absolute atomic E-state index is 10.9. The molecule has 0 bridgehead atoms. The lowest BCUT2D eigenvalue weighted by Crippen LogP contribution is -2.08. The van der Waals surface area contributed by atoms with Gasteiger partial charge in [-0.1, -0.05) is 24.3 Å². The van der Waals surface area contributed by atoms with Crippen molar-refractivity contribution < 1.29 is 14.7 Å². The van der Waals surface area contributed by atoms with Crippen LogP contribution in [-0.2, 0) is 11.3 Å². The molecule has 0 unspecified atom stereocenters. The first-order valence-corrected chi connectivity index (χ1v) is 4.99. The van der Waals surface area contributed by atoms with Crippen LogP contribution in [0.3, 0.4) is 0 Å². The Hall–Kier alpha value is -2.43. The van der Waals surface area contributed by atoms with Gasteiger partial charge in [0.05, 0.1) is 6.20 Å². The molecule has 1 aromatic carbocycles. The summed E-state index contributed by atoms with van der Waals surface area (Å²) in [7, 11) is 0. The average molecular weight is 230 g/mol. The lowest BCUT2D eigenvalue weighted by Gasteiger charge is -2.00. The Kier molecular flexibility index (Phi) is 3.00. The molecule has 0 saturated heterocycles. The van der Waals surface area contributed by atoms with Crippen molar-refractivity contribution in [2.45, 2.75) is 6.54 Å². The van der Waals surface area contributed by atoms with Crippen LogP contribution in [0.15, 0.2) is 36.7 Å². The largest absolute Gasteiger partial charge is 0.480 e. The molecule has 0 spiro atoms. The van der Waals surface area contributed by atoms with Crippen molar-refractivity contribution in [3.8, 4) is 11.1 Å². The number of hydrogen-bond donors (Lipinski definition) is 1. The van der Waals surface area contributed by atoms with Gasteiger partial charge in [0.15, 0.2) is 6.29 Å². The fraction of sp³-hybridized carbons (Fsp3) is 0.0833. The maximum atomic E-state index is 10.9. The number of carbonyl (C=O) groups is 2. The number of nitrogens with zero attached hydrogens (tertiary/aromatic N) is 2. The summed E-state index contributed by atoms with van der Waals surface area (Å²) in [6.07, 6.45) is 3.92. The summed E-state index contributed by atoms with van der Waals surface area (Å²) in [5.41, 5.74) is 2.04. The van der Waals surface area contributed by atoms with Crippen molar-refractivity contribution >= 4 is 12.3 Å². The molecule has 5 heteroatoms. The summed E-state index contributed by atoms with van der Waals surface area (Å²) in [6.45, 7) is -0.191. The highest BCUT2D eigenvalue weighted by molar-refractivity contribution is 5.87. The molecule has 86 valence electrons. The molecule has 2 rings (SSSR count). The van der Waals surface area contributed by atoms with Crippen molar-refractivity contribution in [3.63, 3.8) is 0 Å². The number of carboxylic acid groups (broad SMARTS) is 1. The number of rotatable bonds is 4. The maximum Gasteiger partial charge on any atom is 0.325 e. The van der Waals surface area contributed by atoms with E-state index in [-0.39, 0.29) is 6.54 Å². The Morgan fingerprint density at radius 2 is 2.18 bits per heavy atom. The highest BCUT2D eigenvalue weighted by atomic mass is 16.4.